The number of amides is 1. The van der Waals surface area contributed by atoms with Crippen LogP contribution in [0.1, 0.15) is 49.4 Å². The van der Waals surface area contributed by atoms with Gasteiger partial charge in [-0.3, -0.25) is 14.3 Å². The molecule has 1 unspecified atom stereocenters. The number of aromatic amines is 1. The van der Waals surface area contributed by atoms with Gasteiger partial charge in [0, 0.05) is 23.9 Å². The van der Waals surface area contributed by atoms with E-state index in [9.17, 15) is 4.79 Å². The first-order valence-electron chi connectivity index (χ1n) is 8.15. The van der Waals surface area contributed by atoms with Crippen molar-refractivity contribution < 1.29 is 4.79 Å². The Morgan fingerprint density at radius 1 is 1.50 bits per heavy atom. The number of anilines is 1. The van der Waals surface area contributed by atoms with Crippen LogP contribution in [0.4, 0.5) is 5.82 Å². The Kier molecular flexibility index (Phi) is 3.76. The number of fused-ring (bicyclic) bond motifs is 1. The van der Waals surface area contributed by atoms with Gasteiger partial charge < -0.3 is 5.32 Å². The molecule has 3 aromatic rings. The number of hydrogen-bond acceptors (Lipinski definition) is 3. The van der Waals surface area contributed by atoms with E-state index in [1.54, 1.807) is 10.5 Å². The summed E-state index contributed by atoms with van der Waals surface area (Å²) in [4.78, 5) is 17.2. The van der Waals surface area contributed by atoms with Gasteiger partial charge in [-0.2, -0.15) is 5.10 Å². The number of nitrogens with zero attached hydrogens (tertiary/aromatic N) is 3. The molecule has 3 heterocycles. The van der Waals surface area contributed by atoms with Crippen LogP contribution < -0.4 is 5.32 Å². The second-order valence-electron chi connectivity index (χ2n) is 6.18. The summed E-state index contributed by atoms with van der Waals surface area (Å²) in [5, 5.41) is 10.6. The number of rotatable bonds is 5. The Morgan fingerprint density at radius 2 is 2.33 bits per heavy atom. The third-order valence-corrected chi connectivity index (χ3v) is 4.72. The molecular formula is C17H18ClN5O. The van der Waals surface area contributed by atoms with E-state index < -0.39 is 0 Å². The van der Waals surface area contributed by atoms with Crippen LogP contribution >= 0.6 is 11.6 Å². The summed E-state index contributed by atoms with van der Waals surface area (Å²) in [6.45, 7) is 1.97. The zero-order valence-corrected chi connectivity index (χ0v) is 14.0. The quantitative estimate of drug-likeness (QED) is 0.693. The molecule has 0 bridgehead atoms. The van der Waals surface area contributed by atoms with Crippen molar-refractivity contribution in [3.8, 4) is 0 Å². The fourth-order valence-electron chi connectivity index (χ4n) is 2.91. The summed E-state index contributed by atoms with van der Waals surface area (Å²) in [5.41, 5.74) is 2.54. The van der Waals surface area contributed by atoms with Gasteiger partial charge in [-0.05, 0) is 31.4 Å². The lowest BCUT2D eigenvalue weighted by Crippen LogP contribution is -2.21. The highest BCUT2D eigenvalue weighted by atomic mass is 35.5. The molecule has 4 rings (SSSR count). The summed E-state index contributed by atoms with van der Waals surface area (Å²) < 4.78 is 1.78. The molecule has 1 amide bonds. The fraction of sp³-hybridized carbons (Fsp3) is 0.353. The van der Waals surface area contributed by atoms with Crippen molar-refractivity contribution in [2.75, 3.05) is 5.32 Å². The third-order valence-electron chi connectivity index (χ3n) is 4.41. The van der Waals surface area contributed by atoms with Crippen LogP contribution in [-0.4, -0.2) is 25.5 Å². The molecule has 1 fully saturated rings. The normalized spacial score (nSPS) is 15.6. The van der Waals surface area contributed by atoms with E-state index in [4.69, 9.17) is 11.6 Å². The van der Waals surface area contributed by atoms with Crippen LogP contribution in [0.5, 0.6) is 0 Å². The van der Waals surface area contributed by atoms with E-state index in [2.05, 4.69) is 20.5 Å². The van der Waals surface area contributed by atoms with Gasteiger partial charge in [0.05, 0.1) is 11.6 Å². The predicted octanol–water partition coefficient (Wildman–Crippen LogP) is 3.72. The molecule has 0 saturated heterocycles. The molecule has 7 heteroatoms. The van der Waals surface area contributed by atoms with Crippen molar-refractivity contribution in [3.63, 3.8) is 0 Å². The summed E-state index contributed by atoms with van der Waals surface area (Å²) in [6, 6.07) is 7.43. The van der Waals surface area contributed by atoms with E-state index >= 15 is 0 Å². The van der Waals surface area contributed by atoms with Gasteiger partial charge in [-0.1, -0.05) is 24.6 Å². The summed E-state index contributed by atoms with van der Waals surface area (Å²) in [5.74, 6) is 0.695. The highest BCUT2D eigenvalue weighted by Gasteiger charge is 2.27. The van der Waals surface area contributed by atoms with Crippen molar-refractivity contribution in [3.05, 3.63) is 47.0 Å². The van der Waals surface area contributed by atoms with E-state index in [-0.39, 0.29) is 11.8 Å². The molecule has 0 aromatic carbocycles. The minimum absolute atomic E-state index is 0.106. The van der Waals surface area contributed by atoms with Gasteiger partial charge in [-0.25, -0.2) is 4.98 Å². The largest absolute Gasteiger partial charge is 0.309 e. The van der Waals surface area contributed by atoms with Crippen molar-refractivity contribution in [1.29, 1.82) is 0 Å². The maximum atomic E-state index is 12.7. The van der Waals surface area contributed by atoms with E-state index in [1.165, 1.54) is 12.8 Å². The van der Waals surface area contributed by atoms with Gasteiger partial charge in [0.25, 0.3) is 0 Å². The van der Waals surface area contributed by atoms with Crippen molar-refractivity contribution in [2.45, 2.75) is 38.0 Å². The fourth-order valence-corrected chi connectivity index (χ4v) is 3.12. The van der Waals surface area contributed by atoms with Crippen molar-refractivity contribution in [2.24, 2.45) is 0 Å². The number of aromatic nitrogens is 4. The molecule has 0 aliphatic heterocycles. The Bertz CT molecular complexity index is 895. The number of pyridine rings is 1. The summed E-state index contributed by atoms with van der Waals surface area (Å²) in [6.07, 6.45) is 4.85. The van der Waals surface area contributed by atoms with Gasteiger partial charge in [-0.15, -0.1) is 0 Å². The Labute approximate surface area is 144 Å². The first kappa shape index (κ1) is 15.2. The number of hydrogen-bond donors (Lipinski definition) is 2. The monoisotopic (exact) mass is 343 g/mol. The second kappa shape index (κ2) is 5.94. The maximum Gasteiger partial charge on any atom is 0.234 e. The molecule has 1 saturated carbocycles. The zero-order chi connectivity index (χ0) is 16.7. The predicted molar refractivity (Wildman–Crippen MR) is 92.4 cm³/mol. The maximum absolute atomic E-state index is 12.7. The lowest BCUT2D eigenvalue weighted by atomic mass is 10.0. The molecule has 2 N–H and O–H groups in total. The van der Waals surface area contributed by atoms with Gasteiger partial charge >= 0.3 is 0 Å². The average Bonchev–Trinajstić information content (AvgIpc) is 3.15. The number of H-pyrrole nitrogens is 1. The number of imidazole rings is 1. The molecule has 124 valence electrons. The smallest absolute Gasteiger partial charge is 0.234 e. The molecule has 1 atom stereocenters. The van der Waals surface area contributed by atoms with Crippen LogP contribution in [-0.2, 0) is 4.79 Å². The minimum atomic E-state index is -0.345. The van der Waals surface area contributed by atoms with Crippen molar-refractivity contribution >= 4 is 29.0 Å². The summed E-state index contributed by atoms with van der Waals surface area (Å²) in [7, 11) is 0. The van der Waals surface area contributed by atoms with E-state index in [1.807, 2.05) is 31.3 Å². The lowest BCUT2D eigenvalue weighted by Gasteiger charge is -2.11. The topological polar surface area (TPSA) is 75.1 Å². The Balaban J connectivity index is 1.56. The molecule has 3 aromatic heterocycles. The highest BCUT2D eigenvalue weighted by molar-refractivity contribution is 6.29. The van der Waals surface area contributed by atoms with Crippen LogP contribution in [0, 0.1) is 0 Å². The lowest BCUT2D eigenvalue weighted by molar-refractivity contribution is -0.117. The average molecular weight is 344 g/mol. The highest BCUT2D eigenvalue weighted by Crippen LogP contribution is 2.39. The first-order valence-corrected chi connectivity index (χ1v) is 8.53. The third kappa shape index (κ3) is 2.78. The SMILES string of the molecule is CCC(C(=O)Nc1cc(C2CC2)[nH]n1)c1cn2c(Cl)cccc2n1. The molecular weight excluding hydrogens is 326 g/mol. The van der Waals surface area contributed by atoms with Gasteiger partial charge in [0.1, 0.15) is 10.8 Å². The molecule has 0 spiro atoms. The summed E-state index contributed by atoms with van der Waals surface area (Å²) >= 11 is 6.17. The van der Waals surface area contributed by atoms with Crippen LogP contribution in [0.2, 0.25) is 5.15 Å². The van der Waals surface area contributed by atoms with Crippen molar-refractivity contribution in [1.82, 2.24) is 19.6 Å². The molecule has 6 nitrogen and oxygen atoms in total. The number of nitrogens with one attached hydrogen (secondary N) is 2. The Morgan fingerprint density at radius 3 is 3.04 bits per heavy atom. The molecule has 1 aliphatic rings. The van der Waals surface area contributed by atoms with Gasteiger partial charge in [0.15, 0.2) is 5.82 Å². The van der Waals surface area contributed by atoms with E-state index in [0.29, 0.717) is 29.0 Å². The molecule has 1 aliphatic carbocycles. The number of carbonyl (C=O) groups is 1. The van der Waals surface area contributed by atoms with Gasteiger partial charge in [0.2, 0.25) is 5.91 Å². The Hall–Kier alpha value is -2.34. The minimum Gasteiger partial charge on any atom is -0.309 e. The zero-order valence-electron chi connectivity index (χ0n) is 13.3. The first-order chi connectivity index (χ1) is 11.7. The number of carbonyl (C=O) groups excluding carboxylic acids is 1. The van der Waals surface area contributed by atoms with Crippen LogP contribution in [0.15, 0.2) is 30.5 Å². The molecule has 0 radical (unpaired) electrons. The standard InChI is InChI=1S/C17H18ClN5O/c1-2-11(13-9-23-14(18)4-3-5-16(23)19-13)17(24)20-15-8-12(21-22-15)10-6-7-10/h3-5,8-11H,2,6-7H2,1H3,(H2,20,21,22,24). The molecule has 24 heavy (non-hydrogen) atoms. The van der Waals surface area contributed by atoms with Crippen LogP contribution in [0.25, 0.3) is 5.65 Å². The number of halogens is 1. The van der Waals surface area contributed by atoms with Crippen LogP contribution in [0.3, 0.4) is 0 Å². The second-order valence-corrected chi connectivity index (χ2v) is 6.56. The van der Waals surface area contributed by atoms with E-state index in [0.717, 1.165) is 11.3 Å².